The fourth-order valence-corrected chi connectivity index (χ4v) is 2.66. The van der Waals surface area contributed by atoms with Crippen molar-refractivity contribution in [1.29, 1.82) is 0 Å². The first-order chi connectivity index (χ1) is 9.38. The topological polar surface area (TPSA) is 55.4 Å². The Bertz CT molecular complexity index is 536. The molecule has 4 nitrogen and oxygen atoms in total. The predicted molar refractivity (Wildman–Crippen MR) is 76.5 cm³/mol. The fraction of sp³-hybridized carbons (Fsp3) is 0.500. The van der Waals surface area contributed by atoms with Crippen LogP contribution in [0, 0.1) is 20.8 Å². The van der Waals surface area contributed by atoms with Gasteiger partial charge in [0.1, 0.15) is 5.54 Å². The van der Waals surface area contributed by atoms with Gasteiger partial charge in [-0.3, -0.25) is 4.79 Å². The van der Waals surface area contributed by atoms with Gasteiger partial charge in [-0.2, -0.15) is 0 Å². The van der Waals surface area contributed by atoms with Crippen molar-refractivity contribution in [3.63, 3.8) is 0 Å². The first-order valence-corrected chi connectivity index (χ1v) is 6.84. The molecule has 0 atom stereocenters. The molecule has 0 bridgehead atoms. The van der Waals surface area contributed by atoms with Crippen molar-refractivity contribution in [2.24, 2.45) is 0 Å². The van der Waals surface area contributed by atoms with Gasteiger partial charge in [-0.15, -0.1) is 0 Å². The smallest absolute Gasteiger partial charge is 0.331 e. The van der Waals surface area contributed by atoms with E-state index in [-0.39, 0.29) is 11.9 Å². The van der Waals surface area contributed by atoms with Crippen LogP contribution >= 0.6 is 0 Å². The van der Waals surface area contributed by atoms with Gasteiger partial charge in [-0.1, -0.05) is 17.7 Å². The average Bonchev–Trinajstić information content (AvgIpc) is 3.13. The normalized spacial score (nSPS) is 15.6. The van der Waals surface area contributed by atoms with Crippen molar-refractivity contribution in [2.75, 3.05) is 7.11 Å². The zero-order chi connectivity index (χ0) is 14.9. The van der Waals surface area contributed by atoms with E-state index in [4.69, 9.17) is 4.74 Å². The minimum Gasteiger partial charge on any atom is -0.467 e. The molecule has 2 rings (SSSR count). The van der Waals surface area contributed by atoms with Gasteiger partial charge in [0.25, 0.3) is 0 Å². The summed E-state index contributed by atoms with van der Waals surface area (Å²) >= 11 is 0. The third-order valence-corrected chi connectivity index (χ3v) is 3.88. The Balaban J connectivity index is 2.08. The lowest BCUT2D eigenvalue weighted by Crippen LogP contribution is -2.44. The molecule has 0 unspecified atom stereocenters. The molecule has 1 aromatic rings. The minimum absolute atomic E-state index is 0.122. The highest BCUT2D eigenvalue weighted by molar-refractivity contribution is 5.91. The van der Waals surface area contributed by atoms with Crippen molar-refractivity contribution in [2.45, 2.75) is 45.6 Å². The van der Waals surface area contributed by atoms with Crippen LogP contribution in [0.1, 0.15) is 35.1 Å². The monoisotopic (exact) mass is 275 g/mol. The van der Waals surface area contributed by atoms with Crippen LogP contribution in [0.2, 0.25) is 0 Å². The third-order valence-electron chi connectivity index (χ3n) is 3.88. The summed E-state index contributed by atoms with van der Waals surface area (Å²) in [5.41, 5.74) is 3.69. The highest BCUT2D eigenvalue weighted by atomic mass is 16.5. The fourth-order valence-electron chi connectivity index (χ4n) is 2.66. The standard InChI is InChI=1S/C16H21NO3/c1-10-7-11(2)13(12(3)8-10)9-14(18)17-16(5-6-16)15(19)20-4/h7-8H,5-6,9H2,1-4H3,(H,17,18). The summed E-state index contributed by atoms with van der Waals surface area (Å²) in [6.07, 6.45) is 1.63. The Hall–Kier alpha value is -1.84. The lowest BCUT2D eigenvalue weighted by Gasteiger charge is -2.16. The molecule has 0 aromatic heterocycles. The molecule has 0 radical (unpaired) electrons. The second-order valence-electron chi connectivity index (χ2n) is 5.68. The maximum Gasteiger partial charge on any atom is 0.331 e. The maximum atomic E-state index is 12.2. The summed E-state index contributed by atoms with van der Waals surface area (Å²) in [5.74, 6) is -0.467. The van der Waals surface area contributed by atoms with Crippen LogP contribution in [0.3, 0.4) is 0 Å². The molecule has 1 saturated carbocycles. The largest absolute Gasteiger partial charge is 0.467 e. The van der Waals surface area contributed by atoms with Crippen molar-refractivity contribution in [1.82, 2.24) is 5.32 Å². The SMILES string of the molecule is COC(=O)C1(NC(=O)Cc2c(C)cc(C)cc2C)CC1. The van der Waals surface area contributed by atoms with E-state index in [2.05, 4.69) is 17.4 Å². The molecule has 1 N–H and O–H groups in total. The molecule has 1 aliphatic rings. The van der Waals surface area contributed by atoms with Crippen LogP contribution in [-0.4, -0.2) is 24.5 Å². The number of rotatable bonds is 4. The van der Waals surface area contributed by atoms with Crippen molar-refractivity contribution in [3.8, 4) is 0 Å². The number of nitrogens with one attached hydrogen (secondary N) is 1. The van der Waals surface area contributed by atoms with Gasteiger partial charge in [0, 0.05) is 0 Å². The summed E-state index contributed by atoms with van der Waals surface area (Å²) in [4.78, 5) is 23.8. The predicted octanol–water partition coefficient (Wildman–Crippen LogP) is 1.98. The Kier molecular flexibility index (Phi) is 3.84. The summed E-state index contributed by atoms with van der Waals surface area (Å²) in [5, 5.41) is 2.82. The number of aryl methyl sites for hydroxylation is 3. The van der Waals surface area contributed by atoms with E-state index in [1.807, 2.05) is 20.8 Å². The van der Waals surface area contributed by atoms with Crippen molar-refractivity contribution >= 4 is 11.9 Å². The number of ether oxygens (including phenoxy) is 1. The number of methoxy groups -OCH3 is 1. The number of carbonyl (C=O) groups is 2. The van der Waals surface area contributed by atoms with E-state index in [0.717, 1.165) is 16.7 Å². The van der Waals surface area contributed by atoms with Gasteiger partial charge >= 0.3 is 5.97 Å². The van der Waals surface area contributed by atoms with Crippen LogP contribution in [-0.2, 0) is 20.7 Å². The van der Waals surface area contributed by atoms with Crippen LogP contribution < -0.4 is 5.32 Å². The third kappa shape index (κ3) is 2.84. The van der Waals surface area contributed by atoms with Crippen LogP contribution in [0.4, 0.5) is 0 Å². The number of hydrogen-bond acceptors (Lipinski definition) is 3. The lowest BCUT2D eigenvalue weighted by molar-refractivity contribution is -0.146. The molecule has 1 aliphatic carbocycles. The Morgan fingerprint density at radius 1 is 1.20 bits per heavy atom. The minimum atomic E-state index is -0.766. The second kappa shape index (κ2) is 5.27. The van der Waals surface area contributed by atoms with E-state index in [1.165, 1.54) is 12.7 Å². The molecule has 1 amide bonds. The van der Waals surface area contributed by atoms with E-state index >= 15 is 0 Å². The van der Waals surface area contributed by atoms with Crippen LogP contribution in [0.15, 0.2) is 12.1 Å². The molecular weight excluding hydrogens is 254 g/mol. The second-order valence-corrected chi connectivity index (χ2v) is 5.68. The number of esters is 1. The van der Waals surface area contributed by atoms with Gasteiger partial charge in [0.2, 0.25) is 5.91 Å². The average molecular weight is 275 g/mol. The number of benzene rings is 1. The lowest BCUT2D eigenvalue weighted by atomic mass is 9.97. The highest BCUT2D eigenvalue weighted by Gasteiger charge is 2.52. The van der Waals surface area contributed by atoms with Gasteiger partial charge in [-0.05, 0) is 50.3 Å². The summed E-state index contributed by atoms with van der Waals surface area (Å²) in [6, 6.07) is 4.14. The number of carbonyl (C=O) groups excluding carboxylic acids is 2. The van der Waals surface area contributed by atoms with E-state index in [9.17, 15) is 9.59 Å². The van der Waals surface area contributed by atoms with Gasteiger partial charge < -0.3 is 10.1 Å². The molecule has 0 heterocycles. The van der Waals surface area contributed by atoms with Crippen LogP contribution in [0.25, 0.3) is 0 Å². The summed E-state index contributed by atoms with van der Waals surface area (Å²) < 4.78 is 4.74. The van der Waals surface area contributed by atoms with Gasteiger partial charge in [-0.25, -0.2) is 4.79 Å². The van der Waals surface area contributed by atoms with Gasteiger partial charge in [0.15, 0.2) is 0 Å². The van der Waals surface area contributed by atoms with E-state index in [1.54, 1.807) is 0 Å². The Morgan fingerprint density at radius 2 is 1.75 bits per heavy atom. The zero-order valence-corrected chi connectivity index (χ0v) is 12.5. The molecule has 0 spiro atoms. The summed E-state index contributed by atoms with van der Waals surface area (Å²) in [7, 11) is 1.35. The maximum absolute atomic E-state index is 12.2. The zero-order valence-electron chi connectivity index (χ0n) is 12.5. The van der Waals surface area contributed by atoms with Crippen LogP contribution in [0.5, 0.6) is 0 Å². The van der Waals surface area contributed by atoms with E-state index in [0.29, 0.717) is 19.3 Å². The van der Waals surface area contributed by atoms with Gasteiger partial charge in [0.05, 0.1) is 13.5 Å². The molecule has 4 heteroatoms. The molecule has 108 valence electrons. The molecule has 1 fully saturated rings. The van der Waals surface area contributed by atoms with Crippen molar-refractivity contribution < 1.29 is 14.3 Å². The van der Waals surface area contributed by atoms with E-state index < -0.39 is 5.54 Å². The Labute approximate surface area is 119 Å². The first kappa shape index (κ1) is 14.6. The molecular formula is C16H21NO3. The molecule has 1 aromatic carbocycles. The first-order valence-electron chi connectivity index (χ1n) is 6.84. The van der Waals surface area contributed by atoms with Crippen molar-refractivity contribution in [3.05, 3.63) is 34.4 Å². The molecule has 20 heavy (non-hydrogen) atoms. The molecule has 0 saturated heterocycles. The molecule has 0 aliphatic heterocycles. The summed E-state index contributed by atoms with van der Waals surface area (Å²) in [6.45, 7) is 6.06. The number of amides is 1. The highest BCUT2D eigenvalue weighted by Crippen LogP contribution is 2.36. The Morgan fingerprint density at radius 3 is 2.20 bits per heavy atom. The number of hydrogen-bond donors (Lipinski definition) is 1. The quantitative estimate of drug-likeness (QED) is 0.855.